The first-order chi connectivity index (χ1) is 15.8. The van der Waals surface area contributed by atoms with Gasteiger partial charge in [-0.3, -0.25) is 5.10 Å². The molecular weight excluding hydrogens is 442 g/mol. The van der Waals surface area contributed by atoms with Gasteiger partial charge in [0.2, 0.25) is 0 Å². The van der Waals surface area contributed by atoms with Gasteiger partial charge in [-0.15, -0.1) is 0 Å². The maximum Gasteiger partial charge on any atom is 0.419 e. The summed E-state index contributed by atoms with van der Waals surface area (Å²) in [6.45, 7) is 17.5. The molecular formula is C27H39N3O3Si. The Hall–Kier alpha value is -2.38. The molecule has 0 spiro atoms. The number of fused-ring (bicyclic) bond motifs is 2. The lowest BCUT2D eigenvalue weighted by atomic mass is 9.95. The van der Waals surface area contributed by atoms with Gasteiger partial charge in [-0.1, -0.05) is 26.8 Å². The molecule has 0 saturated heterocycles. The van der Waals surface area contributed by atoms with Crippen molar-refractivity contribution in [1.82, 2.24) is 14.8 Å². The Balaban J connectivity index is 1.77. The fraction of sp³-hybridized carbons (Fsp3) is 0.556. The summed E-state index contributed by atoms with van der Waals surface area (Å²) < 4.78 is 13.9. The van der Waals surface area contributed by atoms with Crippen molar-refractivity contribution in [3.05, 3.63) is 41.1 Å². The van der Waals surface area contributed by atoms with E-state index in [0.29, 0.717) is 6.61 Å². The van der Waals surface area contributed by atoms with Gasteiger partial charge >= 0.3 is 6.09 Å². The molecule has 7 heteroatoms. The van der Waals surface area contributed by atoms with Crippen LogP contribution in [-0.2, 0) is 28.6 Å². The quantitative estimate of drug-likeness (QED) is 0.400. The predicted molar refractivity (Wildman–Crippen MR) is 140 cm³/mol. The maximum absolute atomic E-state index is 13.4. The Morgan fingerprint density at radius 2 is 1.79 bits per heavy atom. The standard InChI is InChI=1S/C27H39N3O3Si/c1-26(2,3)33-25(31)30-22-14-13-18(17-32-34(7,8)27(4,5)6)15-19(22)16-23(30)24-20-11-9-10-12-21(20)28-29-24/h13-16H,9-12,17H2,1-8H3,(H,28,29). The number of aromatic amines is 1. The molecule has 34 heavy (non-hydrogen) atoms. The van der Waals surface area contributed by atoms with E-state index in [9.17, 15) is 4.79 Å². The van der Waals surface area contributed by atoms with Crippen molar-refractivity contribution in [2.24, 2.45) is 0 Å². The van der Waals surface area contributed by atoms with Gasteiger partial charge in [-0.05, 0) is 88.3 Å². The van der Waals surface area contributed by atoms with Crippen LogP contribution in [0.2, 0.25) is 18.1 Å². The Kier molecular flexibility index (Phi) is 6.32. The molecule has 2 heterocycles. The van der Waals surface area contributed by atoms with Crippen LogP contribution in [0.1, 0.15) is 71.2 Å². The highest BCUT2D eigenvalue weighted by Gasteiger charge is 2.37. The third-order valence-electron chi connectivity index (χ3n) is 7.15. The van der Waals surface area contributed by atoms with Gasteiger partial charge in [0.25, 0.3) is 0 Å². The van der Waals surface area contributed by atoms with E-state index >= 15 is 0 Å². The minimum atomic E-state index is -1.86. The number of carbonyl (C=O) groups excluding carboxylic acids is 1. The van der Waals surface area contributed by atoms with Crippen LogP contribution in [0.4, 0.5) is 4.79 Å². The van der Waals surface area contributed by atoms with E-state index in [1.807, 2.05) is 26.8 Å². The molecule has 0 amide bonds. The first-order valence-electron chi connectivity index (χ1n) is 12.3. The average Bonchev–Trinajstić information content (AvgIpc) is 3.31. The fourth-order valence-electron chi connectivity index (χ4n) is 4.21. The number of carbonyl (C=O) groups is 1. The third kappa shape index (κ3) is 4.86. The molecule has 0 radical (unpaired) electrons. The van der Waals surface area contributed by atoms with Crippen LogP contribution < -0.4 is 0 Å². The smallest absolute Gasteiger partial charge is 0.419 e. The molecule has 3 aromatic rings. The highest BCUT2D eigenvalue weighted by molar-refractivity contribution is 6.74. The zero-order chi connectivity index (χ0) is 24.9. The van der Waals surface area contributed by atoms with Crippen molar-refractivity contribution in [1.29, 1.82) is 0 Å². The molecule has 4 rings (SSSR count). The highest BCUT2D eigenvalue weighted by atomic mass is 28.4. The molecule has 0 saturated carbocycles. The van der Waals surface area contributed by atoms with Crippen LogP contribution in [-0.4, -0.2) is 34.8 Å². The van der Waals surface area contributed by atoms with Crippen LogP contribution in [0.15, 0.2) is 24.3 Å². The van der Waals surface area contributed by atoms with Crippen LogP contribution in [0.3, 0.4) is 0 Å². The highest BCUT2D eigenvalue weighted by Crippen LogP contribution is 2.38. The number of aryl methyl sites for hydroxylation is 1. The number of nitrogens with one attached hydrogen (secondary N) is 1. The first kappa shape index (κ1) is 24.7. The van der Waals surface area contributed by atoms with Crippen molar-refractivity contribution in [3.8, 4) is 11.4 Å². The van der Waals surface area contributed by atoms with Gasteiger partial charge in [0, 0.05) is 16.6 Å². The zero-order valence-corrected chi connectivity index (χ0v) is 23.0. The molecule has 0 fully saturated rings. The molecule has 0 bridgehead atoms. The topological polar surface area (TPSA) is 69.1 Å². The summed E-state index contributed by atoms with van der Waals surface area (Å²) in [5.41, 5.74) is 5.39. The Morgan fingerprint density at radius 1 is 1.09 bits per heavy atom. The van der Waals surface area contributed by atoms with Crippen molar-refractivity contribution in [2.75, 3.05) is 0 Å². The fourth-order valence-corrected chi connectivity index (χ4v) is 5.17. The van der Waals surface area contributed by atoms with E-state index < -0.39 is 13.9 Å². The minimum Gasteiger partial charge on any atom is -0.443 e. The second-order valence-electron chi connectivity index (χ2n) is 12.0. The summed E-state index contributed by atoms with van der Waals surface area (Å²) in [5, 5.41) is 9.01. The van der Waals surface area contributed by atoms with Crippen molar-refractivity contribution in [2.45, 2.75) is 97.6 Å². The van der Waals surface area contributed by atoms with Gasteiger partial charge in [-0.25, -0.2) is 9.36 Å². The van der Waals surface area contributed by atoms with E-state index in [4.69, 9.17) is 9.16 Å². The number of ether oxygens (including phenoxy) is 1. The largest absolute Gasteiger partial charge is 0.443 e. The second kappa shape index (κ2) is 8.68. The summed E-state index contributed by atoms with van der Waals surface area (Å²) in [4.78, 5) is 13.4. The summed E-state index contributed by atoms with van der Waals surface area (Å²) in [5.74, 6) is 0. The molecule has 184 valence electrons. The van der Waals surface area contributed by atoms with Crippen LogP contribution in [0, 0.1) is 0 Å². The van der Waals surface area contributed by atoms with Gasteiger partial charge in [0.05, 0.1) is 17.8 Å². The molecule has 1 aromatic carbocycles. The number of benzene rings is 1. The predicted octanol–water partition coefficient (Wildman–Crippen LogP) is 7.22. The lowest BCUT2D eigenvalue weighted by Crippen LogP contribution is -2.40. The average molecular weight is 482 g/mol. The number of nitrogens with zero attached hydrogens (tertiary/aromatic N) is 2. The Bertz CT molecular complexity index is 1210. The van der Waals surface area contributed by atoms with E-state index in [1.54, 1.807) is 4.57 Å². The number of rotatable bonds is 4. The minimum absolute atomic E-state index is 0.156. The van der Waals surface area contributed by atoms with Gasteiger partial charge < -0.3 is 9.16 Å². The summed E-state index contributed by atoms with van der Waals surface area (Å²) in [6, 6.07) is 8.26. The molecule has 2 aromatic heterocycles. The van der Waals surface area contributed by atoms with Crippen molar-refractivity contribution >= 4 is 25.3 Å². The zero-order valence-electron chi connectivity index (χ0n) is 22.0. The van der Waals surface area contributed by atoms with Crippen molar-refractivity contribution < 1.29 is 14.0 Å². The van der Waals surface area contributed by atoms with Crippen LogP contribution in [0.25, 0.3) is 22.3 Å². The number of H-pyrrole nitrogens is 1. The van der Waals surface area contributed by atoms with Gasteiger partial charge in [0.15, 0.2) is 8.32 Å². The number of hydrogen-bond donors (Lipinski definition) is 1. The molecule has 6 nitrogen and oxygen atoms in total. The summed E-state index contributed by atoms with van der Waals surface area (Å²) in [7, 11) is -1.86. The lowest BCUT2D eigenvalue weighted by molar-refractivity contribution is 0.0547. The van der Waals surface area contributed by atoms with E-state index in [-0.39, 0.29) is 11.1 Å². The Labute approximate surface area is 204 Å². The first-order valence-corrected chi connectivity index (χ1v) is 15.3. The molecule has 0 aliphatic heterocycles. The van der Waals surface area contributed by atoms with E-state index in [2.05, 4.69) is 62.3 Å². The van der Waals surface area contributed by atoms with E-state index in [1.165, 1.54) is 17.7 Å². The summed E-state index contributed by atoms with van der Waals surface area (Å²) >= 11 is 0. The molecule has 1 aliphatic carbocycles. The van der Waals surface area contributed by atoms with Gasteiger partial charge in [-0.2, -0.15) is 5.10 Å². The Morgan fingerprint density at radius 3 is 2.47 bits per heavy atom. The lowest BCUT2D eigenvalue weighted by Gasteiger charge is -2.36. The molecule has 0 unspecified atom stereocenters. The van der Waals surface area contributed by atoms with Crippen LogP contribution in [0.5, 0.6) is 0 Å². The second-order valence-corrected chi connectivity index (χ2v) is 16.8. The SMILES string of the molecule is CC(C)(C)OC(=O)n1c(-c2n[nH]c3c2CCCC3)cc2cc(CO[Si](C)(C)C(C)(C)C)ccc21. The number of aromatic nitrogens is 3. The monoisotopic (exact) mass is 481 g/mol. The molecule has 1 N–H and O–H groups in total. The normalized spacial score (nSPS) is 14.9. The number of hydrogen-bond acceptors (Lipinski definition) is 4. The third-order valence-corrected chi connectivity index (χ3v) is 11.6. The van der Waals surface area contributed by atoms with Gasteiger partial charge in [0.1, 0.15) is 11.3 Å². The van der Waals surface area contributed by atoms with Crippen molar-refractivity contribution in [3.63, 3.8) is 0 Å². The maximum atomic E-state index is 13.4. The summed E-state index contributed by atoms with van der Waals surface area (Å²) in [6.07, 6.45) is 3.91. The molecule has 0 atom stereocenters. The molecule has 1 aliphatic rings. The van der Waals surface area contributed by atoms with E-state index in [0.717, 1.165) is 47.1 Å². The van der Waals surface area contributed by atoms with Crippen LogP contribution >= 0.6 is 0 Å².